The van der Waals surface area contributed by atoms with Crippen molar-refractivity contribution in [3.8, 4) is 0 Å². The van der Waals surface area contributed by atoms with E-state index in [0.29, 0.717) is 0 Å². The van der Waals surface area contributed by atoms with Gasteiger partial charge >= 0.3 is 0 Å². The molecule has 6 nitrogen and oxygen atoms in total. The number of aliphatic hydroxyl groups is 5. The molecule has 1 unspecified atom stereocenters. The summed E-state index contributed by atoms with van der Waals surface area (Å²) in [7, 11) is 0. The maximum absolute atomic E-state index is 16.8. The van der Waals surface area contributed by atoms with Gasteiger partial charge in [-0.3, -0.25) is 4.79 Å². The normalized spacial score (nSPS) is 56.2. The highest BCUT2D eigenvalue weighted by atomic mass is 19.1. The maximum Gasteiger partial charge on any atom is 0.192 e. The molecule has 0 saturated heterocycles. The molecular formula is C21H28F2O6. The Morgan fingerprint density at radius 2 is 1.83 bits per heavy atom. The number of alkyl halides is 2. The van der Waals surface area contributed by atoms with E-state index in [0.717, 1.165) is 0 Å². The van der Waals surface area contributed by atoms with Crippen molar-refractivity contribution in [2.24, 2.45) is 22.7 Å². The lowest BCUT2D eigenvalue weighted by molar-refractivity contribution is -0.226. The van der Waals surface area contributed by atoms with Crippen molar-refractivity contribution in [2.75, 3.05) is 6.61 Å². The molecule has 4 aliphatic rings. The fourth-order valence-electron chi connectivity index (χ4n) is 6.96. The van der Waals surface area contributed by atoms with Crippen LogP contribution >= 0.6 is 0 Å². The summed E-state index contributed by atoms with van der Waals surface area (Å²) in [5, 5.41) is 51.9. The number of hydrogen-bond acceptors (Lipinski definition) is 6. The van der Waals surface area contributed by atoms with E-state index < -0.39 is 70.8 Å². The summed E-state index contributed by atoms with van der Waals surface area (Å²) in [4.78, 5) is 12.4. The summed E-state index contributed by atoms with van der Waals surface area (Å²) < 4.78 is 32.0. The molecule has 8 heteroatoms. The second-order valence-electron chi connectivity index (χ2n) is 9.59. The molecule has 162 valence electrons. The van der Waals surface area contributed by atoms with Crippen LogP contribution in [-0.4, -0.2) is 73.7 Å². The van der Waals surface area contributed by atoms with Crippen molar-refractivity contribution in [1.82, 2.24) is 0 Å². The smallest absolute Gasteiger partial charge is 0.192 e. The van der Waals surface area contributed by atoms with Gasteiger partial charge in [0.25, 0.3) is 0 Å². The molecule has 0 aromatic rings. The zero-order chi connectivity index (χ0) is 21.6. The lowest BCUT2D eigenvalue weighted by Crippen LogP contribution is -2.71. The van der Waals surface area contributed by atoms with Crippen LogP contribution in [0.1, 0.15) is 33.1 Å². The minimum absolute atomic E-state index is 0.0779. The van der Waals surface area contributed by atoms with Crippen LogP contribution in [0.5, 0.6) is 0 Å². The molecule has 0 aromatic carbocycles. The molecule has 0 heterocycles. The third-order valence-electron chi connectivity index (χ3n) is 8.52. The molecular weight excluding hydrogens is 386 g/mol. The molecule has 0 aromatic heterocycles. The Morgan fingerprint density at radius 3 is 2.45 bits per heavy atom. The van der Waals surface area contributed by atoms with E-state index in [1.807, 2.05) is 0 Å². The highest BCUT2D eigenvalue weighted by molar-refractivity contribution is 5.90. The Morgan fingerprint density at radius 1 is 1.17 bits per heavy atom. The lowest BCUT2D eigenvalue weighted by atomic mass is 9.44. The SMILES string of the molecule is C[C@]12C=CC(O)C=C1[C@@H](F)C[C@H]1[C@@H]3C[C@@H](O)[C@](O)(C(=O)CO)[C@@]3(C)C[C@H](O)[C@@]12F. The molecule has 0 spiro atoms. The summed E-state index contributed by atoms with van der Waals surface area (Å²) in [6.07, 6.45) is -2.58. The van der Waals surface area contributed by atoms with Gasteiger partial charge in [0.15, 0.2) is 17.1 Å². The number of allylic oxidation sites excluding steroid dienone is 2. The second kappa shape index (κ2) is 6.17. The standard InChI is InChI=1S/C21H28F2O6/c1-18-4-3-10(25)5-13(18)14(22)6-12-11-7-15(26)21(29,17(28)9-24)19(11,2)8-16(27)20(12,18)23/h3-5,10-12,14-16,24-27,29H,6-9H2,1-2H3/t10?,11-,12-,14-,15+,16-,18-,19-,20-,21-/m0/s1. The van der Waals surface area contributed by atoms with E-state index >= 15 is 8.78 Å². The van der Waals surface area contributed by atoms with Crippen molar-refractivity contribution in [2.45, 2.75) is 68.9 Å². The fourth-order valence-corrected chi connectivity index (χ4v) is 6.96. The molecule has 10 atom stereocenters. The number of hydrogen-bond donors (Lipinski definition) is 5. The average Bonchev–Trinajstić information content (AvgIpc) is 2.86. The summed E-state index contributed by atoms with van der Waals surface area (Å²) in [6.45, 7) is 1.97. The van der Waals surface area contributed by atoms with E-state index in [2.05, 4.69) is 0 Å². The van der Waals surface area contributed by atoms with Crippen LogP contribution in [0.25, 0.3) is 0 Å². The maximum atomic E-state index is 16.8. The van der Waals surface area contributed by atoms with Gasteiger partial charge in [-0.15, -0.1) is 0 Å². The first-order valence-electron chi connectivity index (χ1n) is 10.0. The Labute approximate surface area is 167 Å². The van der Waals surface area contributed by atoms with Gasteiger partial charge in [-0.1, -0.05) is 19.1 Å². The van der Waals surface area contributed by atoms with Gasteiger partial charge in [-0.05, 0) is 43.8 Å². The largest absolute Gasteiger partial charge is 0.390 e. The highest BCUT2D eigenvalue weighted by Gasteiger charge is 2.77. The number of carbonyl (C=O) groups is 1. The van der Waals surface area contributed by atoms with Gasteiger partial charge in [0.05, 0.1) is 18.3 Å². The number of ketones is 1. The van der Waals surface area contributed by atoms with Gasteiger partial charge < -0.3 is 25.5 Å². The highest BCUT2D eigenvalue weighted by Crippen LogP contribution is 2.70. The third-order valence-corrected chi connectivity index (χ3v) is 8.52. The van der Waals surface area contributed by atoms with Crippen molar-refractivity contribution >= 4 is 5.78 Å². The van der Waals surface area contributed by atoms with E-state index in [9.17, 15) is 30.3 Å². The Balaban J connectivity index is 1.86. The average molecular weight is 414 g/mol. The summed E-state index contributed by atoms with van der Waals surface area (Å²) in [6, 6.07) is 0. The van der Waals surface area contributed by atoms with E-state index in [-0.39, 0.29) is 24.8 Å². The van der Waals surface area contributed by atoms with Crippen LogP contribution in [0.2, 0.25) is 0 Å². The first-order valence-corrected chi connectivity index (χ1v) is 10.0. The third kappa shape index (κ3) is 2.24. The second-order valence-corrected chi connectivity index (χ2v) is 9.59. The molecule has 29 heavy (non-hydrogen) atoms. The predicted octanol–water partition coefficient (Wildman–Crippen LogP) is 0.360. The molecule has 0 bridgehead atoms. The molecule has 0 aliphatic heterocycles. The van der Waals surface area contributed by atoms with Gasteiger partial charge in [0.1, 0.15) is 12.8 Å². The van der Waals surface area contributed by atoms with Crippen molar-refractivity contribution in [3.05, 3.63) is 23.8 Å². The van der Waals surface area contributed by atoms with Crippen LogP contribution in [0.4, 0.5) is 8.78 Å². The Hall–Kier alpha value is -1.19. The van der Waals surface area contributed by atoms with Crippen LogP contribution in [0.15, 0.2) is 23.8 Å². The van der Waals surface area contributed by atoms with Crippen LogP contribution in [0, 0.1) is 22.7 Å². The monoisotopic (exact) mass is 414 g/mol. The van der Waals surface area contributed by atoms with Gasteiger partial charge in [-0.2, -0.15) is 0 Å². The van der Waals surface area contributed by atoms with Crippen molar-refractivity contribution < 1.29 is 39.1 Å². The van der Waals surface area contributed by atoms with Crippen molar-refractivity contribution in [1.29, 1.82) is 0 Å². The van der Waals surface area contributed by atoms with Crippen LogP contribution in [0.3, 0.4) is 0 Å². The number of fused-ring (bicyclic) bond motifs is 5. The summed E-state index contributed by atoms with van der Waals surface area (Å²) in [5.41, 5.74) is -7.52. The number of halogens is 2. The predicted molar refractivity (Wildman–Crippen MR) is 98.1 cm³/mol. The molecule has 3 saturated carbocycles. The first-order chi connectivity index (χ1) is 13.4. The van der Waals surface area contributed by atoms with Crippen LogP contribution in [-0.2, 0) is 4.79 Å². The lowest BCUT2D eigenvalue weighted by Gasteiger charge is -2.63. The first kappa shape index (κ1) is 21.1. The Bertz CT molecular complexity index is 800. The zero-order valence-corrected chi connectivity index (χ0v) is 16.4. The zero-order valence-electron chi connectivity index (χ0n) is 16.4. The van der Waals surface area contributed by atoms with Gasteiger partial charge in [0.2, 0.25) is 0 Å². The fraction of sp³-hybridized carbons (Fsp3) is 0.762. The number of aliphatic hydroxyl groups excluding tert-OH is 4. The molecule has 0 amide bonds. The quantitative estimate of drug-likeness (QED) is 0.417. The molecule has 5 N–H and O–H groups in total. The van der Waals surface area contributed by atoms with E-state index in [1.165, 1.54) is 32.1 Å². The van der Waals surface area contributed by atoms with E-state index in [1.54, 1.807) is 0 Å². The summed E-state index contributed by atoms with van der Waals surface area (Å²) >= 11 is 0. The van der Waals surface area contributed by atoms with Crippen LogP contribution < -0.4 is 0 Å². The minimum atomic E-state index is -2.35. The number of Topliss-reactive ketones (excluding diaryl/α,β-unsaturated/α-hetero) is 1. The number of rotatable bonds is 2. The molecule has 0 radical (unpaired) electrons. The molecule has 4 aliphatic carbocycles. The number of carbonyl (C=O) groups excluding carboxylic acids is 1. The topological polar surface area (TPSA) is 118 Å². The Kier molecular flexibility index (Phi) is 4.48. The van der Waals surface area contributed by atoms with Crippen molar-refractivity contribution in [3.63, 3.8) is 0 Å². The minimum Gasteiger partial charge on any atom is -0.390 e. The molecule has 3 fully saturated rings. The van der Waals surface area contributed by atoms with Gasteiger partial charge in [0, 0.05) is 16.7 Å². The molecule has 4 rings (SSSR count). The summed E-state index contributed by atoms with van der Waals surface area (Å²) in [5.74, 6) is -2.86. The van der Waals surface area contributed by atoms with Gasteiger partial charge in [-0.25, -0.2) is 8.78 Å². The van der Waals surface area contributed by atoms with E-state index in [4.69, 9.17) is 0 Å².